The summed E-state index contributed by atoms with van der Waals surface area (Å²) in [5.41, 5.74) is 9.51. The summed E-state index contributed by atoms with van der Waals surface area (Å²) in [6.45, 7) is 0. The van der Waals surface area contributed by atoms with Crippen LogP contribution in [0.25, 0.3) is 27.8 Å². The Morgan fingerprint density at radius 1 is 1.09 bits per heavy atom. The van der Waals surface area contributed by atoms with Crippen LogP contribution < -0.4 is 10.5 Å². The van der Waals surface area contributed by atoms with Gasteiger partial charge in [0.15, 0.2) is 0 Å². The van der Waals surface area contributed by atoms with Gasteiger partial charge in [-0.15, -0.1) is 0 Å². The Bertz CT molecular complexity index is 1010. The van der Waals surface area contributed by atoms with E-state index < -0.39 is 0 Å². The van der Waals surface area contributed by atoms with Crippen molar-refractivity contribution in [2.24, 2.45) is 0 Å². The number of hydrogen-bond acceptors (Lipinski definition) is 7. The zero-order valence-electron chi connectivity index (χ0n) is 12.3. The van der Waals surface area contributed by atoms with Gasteiger partial charge in [0.2, 0.25) is 11.9 Å². The third kappa shape index (κ3) is 2.15. The van der Waals surface area contributed by atoms with Gasteiger partial charge >= 0.3 is 0 Å². The Morgan fingerprint density at radius 2 is 1.96 bits per heavy atom. The van der Waals surface area contributed by atoms with Crippen LogP contribution in [-0.4, -0.2) is 30.6 Å². The summed E-state index contributed by atoms with van der Waals surface area (Å²) in [5, 5.41) is 0.973. The predicted molar refractivity (Wildman–Crippen MR) is 93.1 cm³/mol. The molecule has 114 valence electrons. The maximum Gasteiger partial charge on any atom is 0.233 e. The van der Waals surface area contributed by atoms with Crippen LogP contribution >= 0.6 is 11.9 Å². The van der Waals surface area contributed by atoms with Crippen LogP contribution in [0.3, 0.4) is 0 Å². The van der Waals surface area contributed by atoms with E-state index in [0.29, 0.717) is 11.9 Å². The smallest absolute Gasteiger partial charge is 0.233 e. The lowest BCUT2D eigenvalue weighted by molar-refractivity contribution is 1.12. The summed E-state index contributed by atoms with van der Waals surface area (Å²) >= 11 is 1.45. The molecular formula is C15H13N7S. The monoisotopic (exact) mass is 323 g/mol. The van der Waals surface area contributed by atoms with E-state index in [1.54, 1.807) is 18.6 Å². The molecule has 0 fully saturated rings. The number of nitrogens with one attached hydrogen (secondary N) is 1. The van der Waals surface area contributed by atoms with Gasteiger partial charge < -0.3 is 5.73 Å². The van der Waals surface area contributed by atoms with Crippen molar-refractivity contribution in [2.75, 3.05) is 16.7 Å². The fourth-order valence-corrected chi connectivity index (χ4v) is 2.95. The van der Waals surface area contributed by atoms with Crippen LogP contribution in [-0.2, 0) is 0 Å². The lowest BCUT2D eigenvalue weighted by atomic mass is 10.1. The maximum atomic E-state index is 6.05. The van der Waals surface area contributed by atoms with Crippen molar-refractivity contribution < 1.29 is 0 Å². The van der Waals surface area contributed by atoms with Gasteiger partial charge in [0.05, 0.1) is 11.2 Å². The molecule has 0 radical (unpaired) electrons. The zero-order valence-corrected chi connectivity index (χ0v) is 13.1. The molecule has 0 aliphatic rings. The Labute approximate surface area is 136 Å². The van der Waals surface area contributed by atoms with E-state index >= 15 is 0 Å². The van der Waals surface area contributed by atoms with Gasteiger partial charge in [0, 0.05) is 35.8 Å². The standard InChI is InChI=1S/C15H13N7S/c1-23-21-15-19-7-4-10(20-15)12-9-3-2-6-17-13(9)22-11(12)5-8-18-14(22)16/h2-8H,1H3,(H2,16,18)(H,19,20,21). The maximum absolute atomic E-state index is 6.05. The van der Waals surface area contributed by atoms with E-state index in [1.807, 2.05) is 34.9 Å². The second kappa shape index (κ2) is 5.40. The fourth-order valence-electron chi connectivity index (χ4n) is 2.67. The summed E-state index contributed by atoms with van der Waals surface area (Å²) < 4.78 is 4.89. The van der Waals surface area contributed by atoms with Gasteiger partial charge in [-0.3, -0.25) is 9.12 Å². The molecule has 4 aromatic rings. The van der Waals surface area contributed by atoms with Crippen molar-refractivity contribution in [1.29, 1.82) is 0 Å². The first-order valence-electron chi connectivity index (χ1n) is 6.91. The van der Waals surface area contributed by atoms with Crippen LogP contribution in [0.5, 0.6) is 0 Å². The first-order valence-corrected chi connectivity index (χ1v) is 8.14. The SMILES string of the molecule is CSNc1nccc(-c2c3cccnc3n3c(N)nccc23)n1. The van der Waals surface area contributed by atoms with Crippen molar-refractivity contribution in [3.8, 4) is 11.3 Å². The van der Waals surface area contributed by atoms with Crippen LogP contribution in [0.15, 0.2) is 42.9 Å². The van der Waals surface area contributed by atoms with E-state index in [4.69, 9.17) is 5.73 Å². The number of nitrogen functional groups attached to an aromatic ring is 1. The Hall–Kier alpha value is -2.87. The molecule has 0 aliphatic heterocycles. The molecule has 0 bridgehead atoms. The lowest BCUT2D eigenvalue weighted by Gasteiger charge is -2.04. The van der Waals surface area contributed by atoms with E-state index in [9.17, 15) is 0 Å². The highest BCUT2D eigenvalue weighted by atomic mass is 32.2. The number of nitrogens with zero attached hydrogens (tertiary/aromatic N) is 5. The Morgan fingerprint density at radius 3 is 2.83 bits per heavy atom. The predicted octanol–water partition coefficient (Wildman–Crippen LogP) is 2.61. The molecule has 4 rings (SSSR count). The number of rotatable bonds is 3. The molecule has 7 nitrogen and oxygen atoms in total. The van der Waals surface area contributed by atoms with Gasteiger partial charge in [-0.2, -0.15) is 0 Å². The molecule has 0 atom stereocenters. The Balaban J connectivity index is 2.09. The molecule has 0 aliphatic carbocycles. The third-order valence-electron chi connectivity index (χ3n) is 3.54. The van der Waals surface area contributed by atoms with E-state index in [-0.39, 0.29) is 0 Å². The zero-order chi connectivity index (χ0) is 15.8. The molecule has 3 N–H and O–H groups in total. The van der Waals surface area contributed by atoms with Gasteiger partial charge in [-0.05, 0) is 24.3 Å². The van der Waals surface area contributed by atoms with Crippen molar-refractivity contribution >= 4 is 40.4 Å². The Kier molecular flexibility index (Phi) is 3.23. The number of anilines is 2. The van der Waals surface area contributed by atoms with Gasteiger partial charge in [-0.25, -0.2) is 19.9 Å². The molecule has 23 heavy (non-hydrogen) atoms. The fraction of sp³-hybridized carbons (Fsp3) is 0.0667. The van der Waals surface area contributed by atoms with Gasteiger partial charge in [0.25, 0.3) is 0 Å². The molecule has 8 heteroatoms. The summed E-state index contributed by atoms with van der Waals surface area (Å²) in [7, 11) is 0. The molecule has 0 spiro atoms. The summed E-state index contributed by atoms with van der Waals surface area (Å²) in [6.07, 6.45) is 7.09. The second-order valence-electron chi connectivity index (χ2n) is 4.84. The van der Waals surface area contributed by atoms with E-state index in [2.05, 4.69) is 24.7 Å². The quantitative estimate of drug-likeness (QED) is 0.560. The van der Waals surface area contributed by atoms with Crippen LogP contribution in [0.2, 0.25) is 0 Å². The lowest BCUT2D eigenvalue weighted by Crippen LogP contribution is -2.00. The highest BCUT2D eigenvalue weighted by Gasteiger charge is 2.17. The second-order valence-corrected chi connectivity index (χ2v) is 5.46. The molecule has 0 amide bonds. The minimum absolute atomic E-state index is 0.397. The van der Waals surface area contributed by atoms with Crippen molar-refractivity contribution in [1.82, 2.24) is 24.3 Å². The normalized spacial score (nSPS) is 11.2. The molecule has 0 aromatic carbocycles. The highest BCUT2D eigenvalue weighted by molar-refractivity contribution is 7.99. The van der Waals surface area contributed by atoms with Gasteiger partial charge in [0.1, 0.15) is 5.65 Å². The van der Waals surface area contributed by atoms with E-state index in [0.717, 1.165) is 27.8 Å². The average molecular weight is 323 g/mol. The topological polar surface area (TPSA) is 94.0 Å². The van der Waals surface area contributed by atoms with E-state index in [1.165, 1.54) is 11.9 Å². The number of fused-ring (bicyclic) bond motifs is 3. The molecule has 4 aromatic heterocycles. The first kappa shape index (κ1) is 13.8. The van der Waals surface area contributed by atoms with Crippen molar-refractivity contribution in [3.63, 3.8) is 0 Å². The first-order chi connectivity index (χ1) is 11.3. The number of hydrogen-bond donors (Lipinski definition) is 2. The summed E-state index contributed by atoms with van der Waals surface area (Å²) in [4.78, 5) is 17.4. The van der Waals surface area contributed by atoms with Crippen LogP contribution in [0.1, 0.15) is 0 Å². The number of nitrogens with two attached hydrogens (primary N) is 1. The molecule has 0 saturated heterocycles. The minimum atomic E-state index is 0.397. The van der Waals surface area contributed by atoms with Crippen molar-refractivity contribution in [2.45, 2.75) is 0 Å². The molecule has 0 saturated carbocycles. The van der Waals surface area contributed by atoms with Crippen LogP contribution in [0, 0.1) is 0 Å². The van der Waals surface area contributed by atoms with Gasteiger partial charge in [-0.1, -0.05) is 11.9 Å². The molecule has 4 heterocycles. The van der Waals surface area contributed by atoms with Crippen molar-refractivity contribution in [3.05, 3.63) is 42.9 Å². The summed E-state index contributed by atoms with van der Waals surface area (Å²) in [5.74, 6) is 0.961. The molecule has 0 unspecified atom stereocenters. The third-order valence-corrected chi connectivity index (χ3v) is 3.92. The largest absolute Gasteiger partial charge is 0.369 e. The highest BCUT2D eigenvalue weighted by Crippen LogP contribution is 2.34. The minimum Gasteiger partial charge on any atom is -0.369 e. The number of pyridine rings is 1. The average Bonchev–Trinajstić information content (AvgIpc) is 2.91. The molecular weight excluding hydrogens is 310 g/mol. The van der Waals surface area contributed by atoms with Crippen LogP contribution in [0.4, 0.5) is 11.9 Å². The number of aromatic nitrogens is 5. The summed E-state index contributed by atoms with van der Waals surface area (Å²) in [6, 6.07) is 7.70.